The molecule has 0 aliphatic carbocycles. The zero-order chi connectivity index (χ0) is 59.2. The fourth-order valence-corrected chi connectivity index (χ4v) is 11.2. The molecule has 0 heterocycles. The monoisotopic (exact) mass is 1150 g/mol. The molecule has 2 atom stereocenters. The van der Waals surface area contributed by atoms with E-state index in [9.17, 15) is 19.8 Å². The van der Waals surface area contributed by atoms with Gasteiger partial charge in [-0.2, -0.15) is 0 Å². The first-order valence-electron chi connectivity index (χ1n) is 36.6. The number of aliphatic hydroxyl groups excluding tert-OH is 2. The molecule has 0 radical (unpaired) electrons. The molecule has 2 unspecified atom stereocenters. The second kappa shape index (κ2) is 71.0. The first kappa shape index (κ1) is 79.6. The van der Waals surface area contributed by atoms with Gasteiger partial charge < -0.3 is 20.3 Å². The van der Waals surface area contributed by atoms with Gasteiger partial charge in [0.25, 0.3) is 0 Å². The summed E-state index contributed by atoms with van der Waals surface area (Å²) in [6, 6.07) is -0.629. The number of unbranched alkanes of at least 4 members (excludes halogenated alkanes) is 49. The summed E-state index contributed by atoms with van der Waals surface area (Å²) in [5.41, 5.74) is 0. The number of amides is 1. The maximum absolute atomic E-state index is 12.5. The zero-order valence-corrected chi connectivity index (χ0v) is 55.0. The normalized spacial score (nSPS) is 12.9. The highest BCUT2D eigenvalue weighted by atomic mass is 16.5. The highest BCUT2D eigenvalue weighted by Crippen LogP contribution is 2.18. The van der Waals surface area contributed by atoms with Gasteiger partial charge in [0.15, 0.2) is 0 Å². The number of allylic oxidation sites excluding steroid dienone is 9. The molecule has 3 N–H and O–H groups in total. The molecule has 0 saturated carbocycles. The van der Waals surface area contributed by atoms with E-state index in [1.165, 1.54) is 302 Å². The number of rotatable bonds is 68. The molecule has 0 saturated heterocycles. The summed E-state index contributed by atoms with van der Waals surface area (Å²) in [6.07, 6.45) is 94.5. The average molecular weight is 1150 g/mol. The van der Waals surface area contributed by atoms with Crippen molar-refractivity contribution in [3.05, 3.63) is 60.8 Å². The van der Waals surface area contributed by atoms with Crippen molar-refractivity contribution in [2.24, 2.45) is 0 Å². The third-order valence-corrected chi connectivity index (χ3v) is 16.8. The molecule has 0 aromatic rings. The van der Waals surface area contributed by atoms with Gasteiger partial charge in [0.1, 0.15) is 0 Å². The largest absolute Gasteiger partial charge is 0.466 e. The third kappa shape index (κ3) is 66.7. The van der Waals surface area contributed by atoms with E-state index in [4.69, 9.17) is 4.74 Å². The Morgan fingerprint density at radius 2 is 0.610 bits per heavy atom. The van der Waals surface area contributed by atoms with E-state index in [1.807, 2.05) is 6.08 Å². The van der Waals surface area contributed by atoms with Gasteiger partial charge in [0, 0.05) is 12.8 Å². The number of carbonyl (C=O) groups excluding carboxylic acids is 2. The van der Waals surface area contributed by atoms with Crippen LogP contribution in [0, 0.1) is 0 Å². The standard InChI is InChI=1S/C76H141NO5/c1-3-5-7-9-11-13-15-17-19-21-37-40-44-48-52-56-60-64-68-74(79)73(72-78)77-75(80)69-65-61-57-53-49-45-41-38-35-33-31-29-27-25-23-22-24-26-28-30-32-34-36-39-43-47-51-55-59-63-67-71-82-76(81)70-66-62-58-54-50-46-42-20-18-16-14-12-10-8-6-4-2/h14,16,20,24,26,30,32,42,64,68,73-74,78-79H,3-13,15,17-19,21-23,25,27-29,31,33-41,43-63,65-67,69-72H2,1-2H3,(H,77,80)/b16-14-,26-24-,32-30-,42-20-,68-64+. The fourth-order valence-electron chi connectivity index (χ4n) is 11.2. The first-order valence-corrected chi connectivity index (χ1v) is 36.6. The molecule has 0 aromatic heterocycles. The van der Waals surface area contributed by atoms with E-state index in [0.717, 1.165) is 57.8 Å². The van der Waals surface area contributed by atoms with Crippen LogP contribution in [-0.2, 0) is 14.3 Å². The summed E-state index contributed by atoms with van der Waals surface area (Å²) in [5, 5.41) is 23.2. The predicted molar refractivity (Wildman–Crippen MR) is 361 cm³/mol. The summed E-state index contributed by atoms with van der Waals surface area (Å²) in [6.45, 7) is 4.90. The van der Waals surface area contributed by atoms with E-state index in [-0.39, 0.29) is 18.5 Å². The van der Waals surface area contributed by atoms with Crippen LogP contribution in [0.3, 0.4) is 0 Å². The van der Waals surface area contributed by atoms with Gasteiger partial charge in [-0.05, 0) is 96.3 Å². The van der Waals surface area contributed by atoms with Crippen molar-refractivity contribution in [3.63, 3.8) is 0 Å². The molecule has 82 heavy (non-hydrogen) atoms. The van der Waals surface area contributed by atoms with E-state index in [1.54, 1.807) is 6.08 Å². The highest BCUT2D eigenvalue weighted by Gasteiger charge is 2.18. The maximum atomic E-state index is 12.5. The molecule has 1 amide bonds. The van der Waals surface area contributed by atoms with Crippen LogP contribution in [0.4, 0.5) is 0 Å². The Morgan fingerprint density at radius 3 is 0.939 bits per heavy atom. The first-order chi connectivity index (χ1) is 40.5. The summed E-state index contributed by atoms with van der Waals surface area (Å²) in [5.74, 6) is -0.0657. The Kier molecular flexibility index (Phi) is 68.9. The second-order valence-corrected chi connectivity index (χ2v) is 24.9. The molecule has 6 nitrogen and oxygen atoms in total. The lowest BCUT2D eigenvalue weighted by Gasteiger charge is -2.20. The highest BCUT2D eigenvalue weighted by molar-refractivity contribution is 5.76. The summed E-state index contributed by atoms with van der Waals surface area (Å²) >= 11 is 0. The third-order valence-electron chi connectivity index (χ3n) is 16.8. The topological polar surface area (TPSA) is 95.9 Å². The molecule has 0 spiro atoms. The van der Waals surface area contributed by atoms with Crippen LogP contribution in [-0.4, -0.2) is 47.4 Å². The van der Waals surface area contributed by atoms with Crippen molar-refractivity contribution >= 4 is 11.9 Å². The predicted octanol–water partition coefficient (Wildman–Crippen LogP) is 23.8. The lowest BCUT2D eigenvalue weighted by atomic mass is 10.0. The van der Waals surface area contributed by atoms with Crippen LogP contribution < -0.4 is 5.32 Å². The number of esters is 1. The van der Waals surface area contributed by atoms with Gasteiger partial charge in [-0.1, -0.05) is 338 Å². The minimum Gasteiger partial charge on any atom is -0.466 e. The molecule has 0 rings (SSSR count). The van der Waals surface area contributed by atoms with Gasteiger partial charge >= 0.3 is 5.97 Å². The Labute approximate surface area is 511 Å². The molecule has 0 aliphatic rings. The number of nitrogens with one attached hydrogen (secondary N) is 1. The van der Waals surface area contributed by atoms with Crippen molar-refractivity contribution in [1.82, 2.24) is 5.32 Å². The molecular weight excluding hydrogens is 1010 g/mol. The average Bonchev–Trinajstić information content (AvgIpc) is 3.48. The van der Waals surface area contributed by atoms with Crippen molar-refractivity contribution in [1.29, 1.82) is 0 Å². The molecule has 0 aliphatic heterocycles. The number of ether oxygens (including phenoxy) is 1. The van der Waals surface area contributed by atoms with Gasteiger partial charge in [-0.15, -0.1) is 0 Å². The maximum Gasteiger partial charge on any atom is 0.305 e. The number of aliphatic hydroxyl groups is 2. The molecule has 480 valence electrons. The summed E-state index contributed by atoms with van der Waals surface area (Å²) in [4.78, 5) is 24.6. The molecule has 0 bridgehead atoms. The van der Waals surface area contributed by atoms with Crippen molar-refractivity contribution in [3.8, 4) is 0 Å². The Balaban J connectivity index is 3.42. The molecule has 0 aromatic carbocycles. The molecular formula is C76H141NO5. The van der Waals surface area contributed by atoms with Gasteiger partial charge in [0.2, 0.25) is 5.91 Å². The fraction of sp³-hybridized carbons (Fsp3) is 0.842. The van der Waals surface area contributed by atoms with Crippen LogP contribution in [0.15, 0.2) is 60.8 Å². The van der Waals surface area contributed by atoms with Crippen LogP contribution in [0.2, 0.25) is 0 Å². The van der Waals surface area contributed by atoms with E-state index in [2.05, 4.69) is 67.8 Å². The van der Waals surface area contributed by atoms with Gasteiger partial charge in [-0.3, -0.25) is 9.59 Å². The Morgan fingerprint density at radius 1 is 0.341 bits per heavy atom. The van der Waals surface area contributed by atoms with E-state index >= 15 is 0 Å². The number of carbonyl (C=O) groups is 2. The van der Waals surface area contributed by atoms with Gasteiger partial charge in [0.05, 0.1) is 25.4 Å². The van der Waals surface area contributed by atoms with Crippen LogP contribution in [0.5, 0.6) is 0 Å². The van der Waals surface area contributed by atoms with Crippen LogP contribution >= 0.6 is 0 Å². The quantitative estimate of drug-likeness (QED) is 0.0320. The lowest BCUT2D eigenvalue weighted by molar-refractivity contribution is -0.143. The smallest absolute Gasteiger partial charge is 0.305 e. The number of hydrogen-bond donors (Lipinski definition) is 3. The van der Waals surface area contributed by atoms with Crippen molar-refractivity contribution in [2.75, 3.05) is 13.2 Å². The van der Waals surface area contributed by atoms with Crippen molar-refractivity contribution in [2.45, 2.75) is 398 Å². The summed E-state index contributed by atoms with van der Waals surface area (Å²) in [7, 11) is 0. The minimum absolute atomic E-state index is 0.000661. The number of hydrogen-bond acceptors (Lipinski definition) is 5. The molecule has 0 fully saturated rings. The van der Waals surface area contributed by atoms with Gasteiger partial charge in [-0.25, -0.2) is 0 Å². The Bertz CT molecular complexity index is 1420. The lowest BCUT2D eigenvalue weighted by Crippen LogP contribution is -2.45. The zero-order valence-electron chi connectivity index (χ0n) is 55.0. The molecule has 6 heteroatoms. The Hall–Kier alpha value is -2.44. The van der Waals surface area contributed by atoms with E-state index < -0.39 is 12.1 Å². The van der Waals surface area contributed by atoms with E-state index in [0.29, 0.717) is 19.4 Å². The van der Waals surface area contributed by atoms with Crippen LogP contribution in [0.25, 0.3) is 0 Å². The SMILES string of the molecule is CCCCCC/C=C\C/C=C\CCCCCCCC(=O)OCCCCCCCCCCC/C=C\C/C=C\CCCCCCCCCCCCCCCCCC(=O)NC(CO)C(O)/C=C/CCCCCCCCCCCCCCCCCC. The van der Waals surface area contributed by atoms with Crippen molar-refractivity contribution < 1.29 is 24.5 Å². The minimum atomic E-state index is -0.846. The second-order valence-electron chi connectivity index (χ2n) is 24.9. The van der Waals surface area contributed by atoms with Crippen LogP contribution in [0.1, 0.15) is 386 Å². The summed E-state index contributed by atoms with van der Waals surface area (Å²) < 4.78 is 5.49.